The molecule has 2 rings (SSSR count). The number of hydrogen-bond donors (Lipinski definition) is 2. The standard InChI is InChI=1S/C15H20N4O4/c1-2-19(18-5-7-23-8-6-18)15(22)12-9-11(3-4-13(20)21)10-17-14(12)16/h3-4,9-10H,2,5-8H2,1H3,(H2,16,17)(H,20,21). The number of aliphatic carboxylic acids is 1. The van der Waals surface area contributed by atoms with Crippen LogP contribution < -0.4 is 5.73 Å². The minimum atomic E-state index is -1.07. The number of rotatable bonds is 5. The number of carboxylic acid groups (broad SMARTS) is 1. The van der Waals surface area contributed by atoms with E-state index in [1.165, 1.54) is 12.3 Å². The van der Waals surface area contributed by atoms with Crippen molar-refractivity contribution in [3.05, 3.63) is 29.5 Å². The molecule has 0 saturated carbocycles. The first-order valence-corrected chi connectivity index (χ1v) is 7.34. The second-order valence-corrected chi connectivity index (χ2v) is 4.96. The molecule has 1 aliphatic heterocycles. The molecule has 0 bridgehead atoms. The van der Waals surface area contributed by atoms with Gasteiger partial charge in [0.15, 0.2) is 0 Å². The minimum Gasteiger partial charge on any atom is -0.478 e. The molecule has 1 amide bonds. The molecule has 0 unspecified atom stereocenters. The number of amides is 1. The van der Waals surface area contributed by atoms with Crippen molar-refractivity contribution in [3.63, 3.8) is 0 Å². The van der Waals surface area contributed by atoms with Crippen LogP contribution in [-0.4, -0.2) is 64.8 Å². The van der Waals surface area contributed by atoms with Gasteiger partial charge in [0.1, 0.15) is 5.82 Å². The Bertz CT molecular complexity index is 611. The largest absolute Gasteiger partial charge is 0.478 e. The fourth-order valence-electron chi connectivity index (χ4n) is 2.33. The van der Waals surface area contributed by atoms with E-state index < -0.39 is 5.97 Å². The van der Waals surface area contributed by atoms with Crippen molar-refractivity contribution in [2.75, 3.05) is 38.6 Å². The average Bonchev–Trinajstić information content (AvgIpc) is 2.55. The molecule has 8 heteroatoms. The summed E-state index contributed by atoms with van der Waals surface area (Å²) in [6.45, 7) is 4.77. The van der Waals surface area contributed by atoms with Crippen LogP contribution in [0.15, 0.2) is 18.3 Å². The fraction of sp³-hybridized carbons (Fsp3) is 0.400. The number of nitrogen functional groups attached to an aromatic ring is 1. The molecule has 0 aliphatic carbocycles. The van der Waals surface area contributed by atoms with E-state index in [0.717, 1.165) is 6.08 Å². The molecule has 1 aromatic heterocycles. The van der Waals surface area contributed by atoms with E-state index in [9.17, 15) is 9.59 Å². The van der Waals surface area contributed by atoms with Crippen molar-refractivity contribution in [2.24, 2.45) is 0 Å². The Balaban J connectivity index is 2.25. The number of carbonyl (C=O) groups excluding carboxylic acids is 1. The molecule has 8 nitrogen and oxygen atoms in total. The van der Waals surface area contributed by atoms with Crippen LogP contribution in [0.3, 0.4) is 0 Å². The summed E-state index contributed by atoms with van der Waals surface area (Å²) in [5.41, 5.74) is 6.58. The average molecular weight is 320 g/mol. The Kier molecular flexibility index (Phi) is 5.67. The highest BCUT2D eigenvalue weighted by molar-refractivity contribution is 5.98. The highest BCUT2D eigenvalue weighted by atomic mass is 16.5. The van der Waals surface area contributed by atoms with Gasteiger partial charge in [0.2, 0.25) is 0 Å². The van der Waals surface area contributed by atoms with Crippen LogP contribution in [0.5, 0.6) is 0 Å². The summed E-state index contributed by atoms with van der Waals surface area (Å²) in [6, 6.07) is 1.55. The van der Waals surface area contributed by atoms with E-state index in [2.05, 4.69) is 4.98 Å². The number of hydrogen-bond acceptors (Lipinski definition) is 6. The summed E-state index contributed by atoms with van der Waals surface area (Å²) in [6.07, 6.45) is 3.79. The van der Waals surface area contributed by atoms with Gasteiger partial charge >= 0.3 is 5.97 Å². The summed E-state index contributed by atoms with van der Waals surface area (Å²) in [4.78, 5) is 27.3. The highest BCUT2D eigenvalue weighted by Crippen LogP contribution is 2.17. The van der Waals surface area contributed by atoms with Gasteiger partial charge in [0.25, 0.3) is 5.91 Å². The van der Waals surface area contributed by atoms with Crippen molar-refractivity contribution in [2.45, 2.75) is 6.92 Å². The molecule has 1 aromatic rings. The van der Waals surface area contributed by atoms with Gasteiger partial charge in [-0.25, -0.2) is 14.8 Å². The first-order chi connectivity index (χ1) is 11.0. The summed E-state index contributed by atoms with van der Waals surface area (Å²) in [5, 5.41) is 12.2. The van der Waals surface area contributed by atoms with Gasteiger partial charge in [-0.2, -0.15) is 0 Å². The zero-order valence-corrected chi connectivity index (χ0v) is 12.9. The first kappa shape index (κ1) is 16.9. The maximum Gasteiger partial charge on any atom is 0.328 e. The highest BCUT2D eigenvalue weighted by Gasteiger charge is 2.25. The third kappa shape index (κ3) is 4.27. The molecule has 0 aromatic carbocycles. The number of carbonyl (C=O) groups is 2. The van der Waals surface area contributed by atoms with Gasteiger partial charge < -0.3 is 15.6 Å². The molecule has 1 aliphatic rings. The fourth-order valence-corrected chi connectivity index (χ4v) is 2.33. The molecular formula is C15H20N4O4. The second-order valence-electron chi connectivity index (χ2n) is 4.96. The van der Waals surface area contributed by atoms with E-state index >= 15 is 0 Å². The van der Waals surface area contributed by atoms with E-state index in [0.29, 0.717) is 38.4 Å². The van der Waals surface area contributed by atoms with Gasteiger partial charge in [-0.05, 0) is 24.6 Å². The Morgan fingerprint density at radius 2 is 2.17 bits per heavy atom. The number of hydrazine groups is 1. The predicted octanol–water partition coefficient (Wildman–Crippen LogP) is 0.471. The quantitative estimate of drug-likeness (QED) is 0.759. The normalized spacial score (nSPS) is 15.7. The van der Waals surface area contributed by atoms with E-state index in [4.69, 9.17) is 15.6 Å². The van der Waals surface area contributed by atoms with Crippen molar-refractivity contribution < 1.29 is 19.4 Å². The lowest BCUT2D eigenvalue weighted by Gasteiger charge is -2.36. The van der Waals surface area contributed by atoms with E-state index in [1.54, 1.807) is 11.1 Å². The number of ether oxygens (including phenoxy) is 1. The van der Waals surface area contributed by atoms with Crippen LogP contribution >= 0.6 is 0 Å². The van der Waals surface area contributed by atoms with Crippen LogP contribution in [0.1, 0.15) is 22.8 Å². The molecule has 23 heavy (non-hydrogen) atoms. The monoisotopic (exact) mass is 320 g/mol. The Morgan fingerprint density at radius 3 is 2.78 bits per heavy atom. The van der Waals surface area contributed by atoms with Crippen molar-refractivity contribution in [1.82, 2.24) is 15.0 Å². The topological polar surface area (TPSA) is 109 Å². The molecular weight excluding hydrogens is 300 g/mol. The molecule has 0 atom stereocenters. The van der Waals surface area contributed by atoms with Crippen molar-refractivity contribution in [1.29, 1.82) is 0 Å². The molecule has 3 N–H and O–H groups in total. The van der Waals surface area contributed by atoms with Crippen LogP contribution in [0, 0.1) is 0 Å². The lowest BCUT2D eigenvalue weighted by Crippen LogP contribution is -2.51. The SMILES string of the molecule is CCN(C(=O)c1cc(C=CC(=O)O)cnc1N)N1CCOCC1. The zero-order valence-electron chi connectivity index (χ0n) is 12.9. The molecule has 1 saturated heterocycles. The molecule has 2 heterocycles. The van der Waals surface area contributed by atoms with Gasteiger partial charge in [-0.3, -0.25) is 9.80 Å². The number of nitrogens with zero attached hydrogens (tertiary/aromatic N) is 3. The molecule has 1 fully saturated rings. The lowest BCUT2D eigenvalue weighted by molar-refractivity contribution is -0.131. The number of pyridine rings is 1. The van der Waals surface area contributed by atoms with Crippen molar-refractivity contribution in [3.8, 4) is 0 Å². The van der Waals surface area contributed by atoms with Gasteiger partial charge in [0, 0.05) is 31.9 Å². The van der Waals surface area contributed by atoms with Gasteiger partial charge in [-0.15, -0.1) is 0 Å². The van der Waals surface area contributed by atoms with E-state index in [1.807, 2.05) is 11.9 Å². The van der Waals surface area contributed by atoms with Crippen molar-refractivity contribution >= 4 is 23.8 Å². The Labute approximate surface area is 134 Å². The molecule has 0 radical (unpaired) electrons. The summed E-state index contributed by atoms with van der Waals surface area (Å²) < 4.78 is 5.30. The van der Waals surface area contributed by atoms with Crippen LogP contribution in [0.25, 0.3) is 6.08 Å². The number of carboxylic acids is 1. The minimum absolute atomic E-state index is 0.120. The number of aromatic nitrogens is 1. The number of anilines is 1. The predicted molar refractivity (Wildman–Crippen MR) is 84.4 cm³/mol. The maximum absolute atomic E-state index is 12.8. The smallest absolute Gasteiger partial charge is 0.328 e. The van der Waals surface area contributed by atoms with E-state index in [-0.39, 0.29) is 17.3 Å². The second kappa shape index (κ2) is 7.70. The molecule has 124 valence electrons. The first-order valence-electron chi connectivity index (χ1n) is 7.34. The number of nitrogens with two attached hydrogens (primary N) is 1. The Morgan fingerprint density at radius 1 is 1.48 bits per heavy atom. The van der Waals surface area contributed by atoms with Gasteiger partial charge in [0.05, 0.1) is 18.8 Å². The van der Waals surface area contributed by atoms with Gasteiger partial charge in [-0.1, -0.05) is 0 Å². The lowest BCUT2D eigenvalue weighted by atomic mass is 10.1. The summed E-state index contributed by atoms with van der Waals surface area (Å²) >= 11 is 0. The summed E-state index contributed by atoms with van der Waals surface area (Å²) in [7, 11) is 0. The zero-order chi connectivity index (χ0) is 16.8. The maximum atomic E-state index is 12.8. The van der Waals surface area contributed by atoms with Crippen LogP contribution in [0.2, 0.25) is 0 Å². The third-order valence-electron chi connectivity index (χ3n) is 3.45. The third-order valence-corrected chi connectivity index (χ3v) is 3.45. The summed E-state index contributed by atoms with van der Waals surface area (Å²) in [5.74, 6) is -1.21. The number of morpholine rings is 1. The van der Waals surface area contributed by atoms with Crippen LogP contribution in [0.4, 0.5) is 5.82 Å². The Hall–Kier alpha value is -2.45. The molecule has 0 spiro atoms. The van der Waals surface area contributed by atoms with Crippen LogP contribution in [-0.2, 0) is 9.53 Å².